The molecule has 0 rings (SSSR count). The Morgan fingerprint density at radius 2 is 2.45 bits per heavy atom. The fourth-order valence-electron chi connectivity index (χ4n) is 0.514. The molecule has 0 amide bonds. The number of hydrogen-bond donors (Lipinski definition) is 3. The minimum atomic E-state index is -1.04. The van der Waals surface area contributed by atoms with E-state index in [4.69, 9.17) is 17.4 Å². The summed E-state index contributed by atoms with van der Waals surface area (Å²) >= 11 is 0.947. The van der Waals surface area contributed by atoms with Gasteiger partial charge in [0.1, 0.15) is 0 Å². The maximum atomic E-state index is 10.2. The van der Waals surface area contributed by atoms with Crippen LogP contribution in [0.3, 0.4) is 0 Å². The normalized spacial score (nSPS) is 11.9. The van der Waals surface area contributed by atoms with E-state index < -0.39 is 12.0 Å². The van der Waals surface area contributed by atoms with E-state index in [0.29, 0.717) is 5.70 Å². The second kappa shape index (κ2) is 5.16. The standard InChI is InChI=1S/C6H9N2O2.Zn/c1-4(8-2)3-5(7)6(9)10;/h1-2,5,8H,3,7H2,(H,9,10);/q-1;. The van der Waals surface area contributed by atoms with E-state index in [1.165, 1.54) is 0 Å². The zero-order valence-electron chi connectivity index (χ0n) is 6.08. The van der Waals surface area contributed by atoms with Crippen molar-refractivity contribution in [2.24, 2.45) is 5.73 Å². The number of nitrogens with two attached hydrogens (primary N) is 1. The van der Waals surface area contributed by atoms with Crippen molar-refractivity contribution in [2.45, 2.75) is 12.5 Å². The van der Waals surface area contributed by atoms with Crippen LogP contribution in [0.15, 0.2) is 5.70 Å². The number of aliphatic carboxylic acids is 1. The second-order valence-corrected chi connectivity index (χ2v) is 2.88. The fraction of sp³-hybridized carbons (Fsp3) is 0.333. The monoisotopic (exact) mass is 205 g/mol. The van der Waals surface area contributed by atoms with Crippen LogP contribution in [0.25, 0.3) is 0 Å². The molecule has 0 saturated heterocycles. The average Bonchev–Trinajstić information content (AvgIpc) is 1.87. The Kier molecular flexibility index (Phi) is 4.91. The Morgan fingerprint density at radius 3 is 2.82 bits per heavy atom. The number of carbonyl (C=O) groups is 1. The molecule has 4 nitrogen and oxygen atoms in total. The summed E-state index contributed by atoms with van der Waals surface area (Å²) in [5.74, 6) is -1.04. The van der Waals surface area contributed by atoms with Crippen LogP contribution in [0.5, 0.6) is 0 Å². The average molecular weight is 207 g/mol. The third-order valence-corrected chi connectivity index (χ3v) is 1.47. The van der Waals surface area contributed by atoms with Crippen LogP contribution >= 0.6 is 0 Å². The zero-order chi connectivity index (χ0) is 8.85. The van der Waals surface area contributed by atoms with E-state index in [1.54, 1.807) is 4.73 Å². The first-order chi connectivity index (χ1) is 5.07. The molecule has 0 spiro atoms. The van der Waals surface area contributed by atoms with E-state index in [9.17, 15) is 4.79 Å². The van der Waals surface area contributed by atoms with Gasteiger partial charge in [0.15, 0.2) is 0 Å². The molecule has 5 heteroatoms. The topological polar surface area (TPSA) is 75.4 Å². The van der Waals surface area contributed by atoms with E-state index in [2.05, 4.69) is 5.32 Å². The second-order valence-electron chi connectivity index (χ2n) is 2.02. The molecular weight excluding hydrogens is 197 g/mol. The van der Waals surface area contributed by atoms with Crippen molar-refractivity contribution >= 4 is 10.7 Å². The minimum absolute atomic E-state index is 0.159. The summed E-state index contributed by atoms with van der Waals surface area (Å²) in [5, 5.41) is 11.1. The molecule has 0 bridgehead atoms. The van der Waals surface area contributed by atoms with Gasteiger partial charge in [-0.25, -0.2) is 0 Å². The first kappa shape index (κ1) is 10.5. The Morgan fingerprint density at radius 1 is 1.91 bits per heavy atom. The molecule has 0 heterocycles. The summed E-state index contributed by atoms with van der Waals surface area (Å²) in [5.41, 5.74) is 5.60. The molecule has 0 aliphatic heterocycles. The van der Waals surface area contributed by atoms with Crippen LogP contribution in [0.1, 0.15) is 6.42 Å². The van der Waals surface area contributed by atoms with Crippen LogP contribution in [0, 0.1) is 6.58 Å². The van der Waals surface area contributed by atoms with Gasteiger partial charge < -0.3 is 0 Å². The van der Waals surface area contributed by atoms with Crippen molar-refractivity contribution in [1.29, 1.82) is 0 Å². The number of carboxylic acids is 1. The van der Waals surface area contributed by atoms with E-state index in [0.717, 1.165) is 17.9 Å². The van der Waals surface area contributed by atoms with Crippen molar-refractivity contribution in [1.82, 2.24) is 5.32 Å². The maximum absolute atomic E-state index is 10.2. The molecule has 1 unspecified atom stereocenters. The zero-order valence-corrected chi connectivity index (χ0v) is 9.05. The third kappa shape index (κ3) is 4.81. The summed E-state index contributed by atoms with van der Waals surface area (Å²) in [6.07, 6.45) is 0.159. The SMILES string of the molecule is [CH-]=C(CC(N)C(=O)O)N[CH]=[Zn]. The fourth-order valence-corrected chi connectivity index (χ4v) is 1.06. The van der Waals surface area contributed by atoms with Crippen molar-refractivity contribution in [3.8, 4) is 0 Å². The molecule has 0 aromatic heterocycles. The molecule has 0 aromatic carbocycles. The van der Waals surface area contributed by atoms with Crippen LogP contribution in [0.2, 0.25) is 0 Å². The van der Waals surface area contributed by atoms with Crippen LogP contribution in [-0.2, 0) is 22.6 Å². The Bertz CT molecular complexity index is 181. The molecule has 4 N–H and O–H groups in total. The first-order valence-electron chi connectivity index (χ1n) is 3.05. The Hall–Kier alpha value is -0.537. The van der Waals surface area contributed by atoms with Crippen molar-refractivity contribution in [2.75, 3.05) is 0 Å². The van der Waals surface area contributed by atoms with Gasteiger partial charge in [-0.05, 0) is 0 Å². The Labute approximate surface area is 74.7 Å². The molecule has 0 fully saturated rings. The number of hydrogen-bond acceptors (Lipinski definition) is 3. The van der Waals surface area contributed by atoms with Gasteiger partial charge in [0, 0.05) is 0 Å². The predicted molar refractivity (Wildman–Crippen MR) is 37.2 cm³/mol. The molecule has 0 saturated carbocycles. The summed E-state index contributed by atoms with van der Waals surface area (Å²) in [6.45, 7) is 5.37. The van der Waals surface area contributed by atoms with Gasteiger partial charge in [0.2, 0.25) is 0 Å². The summed E-state index contributed by atoms with van der Waals surface area (Å²) in [6, 6.07) is -0.914. The quantitative estimate of drug-likeness (QED) is 0.399. The van der Waals surface area contributed by atoms with Gasteiger partial charge >= 0.3 is 74.2 Å². The molecule has 0 radical (unpaired) electrons. The van der Waals surface area contributed by atoms with E-state index in [-0.39, 0.29) is 6.42 Å². The third-order valence-electron chi connectivity index (χ3n) is 1.04. The molecule has 58 valence electrons. The van der Waals surface area contributed by atoms with Crippen molar-refractivity contribution in [3.63, 3.8) is 0 Å². The summed E-state index contributed by atoms with van der Waals surface area (Å²) < 4.78 is 1.74. The van der Waals surface area contributed by atoms with E-state index >= 15 is 0 Å². The molecule has 0 aliphatic rings. The predicted octanol–water partition coefficient (Wildman–Crippen LogP) is -0.999. The molecular formula is C6H9N2O2Zn-. The van der Waals surface area contributed by atoms with E-state index in [1.807, 2.05) is 0 Å². The molecule has 0 aliphatic carbocycles. The van der Waals surface area contributed by atoms with Gasteiger partial charge in [0.25, 0.3) is 0 Å². The van der Waals surface area contributed by atoms with Gasteiger partial charge in [-0.2, -0.15) is 0 Å². The number of rotatable bonds is 5. The molecule has 11 heavy (non-hydrogen) atoms. The molecule has 1 atom stereocenters. The first-order valence-corrected chi connectivity index (χ1v) is 4.76. The Balaban J connectivity index is 3.74. The number of carboxylic acid groups (broad SMARTS) is 1. The van der Waals surface area contributed by atoms with Gasteiger partial charge in [-0.1, -0.05) is 0 Å². The van der Waals surface area contributed by atoms with Crippen molar-refractivity contribution in [3.05, 3.63) is 12.3 Å². The van der Waals surface area contributed by atoms with Gasteiger partial charge in [-0.15, -0.1) is 0 Å². The van der Waals surface area contributed by atoms with Crippen LogP contribution in [0.4, 0.5) is 0 Å². The van der Waals surface area contributed by atoms with Crippen LogP contribution < -0.4 is 11.1 Å². The van der Waals surface area contributed by atoms with Gasteiger partial charge in [0.05, 0.1) is 0 Å². The van der Waals surface area contributed by atoms with Crippen LogP contribution in [-0.4, -0.2) is 21.9 Å². The molecule has 0 aromatic rings. The number of nitrogens with one attached hydrogen (secondary N) is 1. The summed E-state index contributed by atoms with van der Waals surface area (Å²) in [7, 11) is 0. The summed E-state index contributed by atoms with van der Waals surface area (Å²) in [4.78, 5) is 10.2. The van der Waals surface area contributed by atoms with Crippen molar-refractivity contribution < 1.29 is 27.8 Å². The van der Waals surface area contributed by atoms with Gasteiger partial charge in [-0.3, -0.25) is 0 Å².